The molecule has 3 fully saturated rings. The van der Waals surface area contributed by atoms with Crippen LogP contribution < -0.4 is 16.0 Å². The Morgan fingerprint density at radius 1 is 0.337 bits per heavy atom. The first-order valence-corrected chi connectivity index (χ1v) is 27.7. The highest BCUT2D eigenvalue weighted by Gasteiger charge is 2.46. The lowest BCUT2D eigenvalue weighted by atomic mass is 9.94. The minimum Gasteiger partial charge on any atom is -0.394 e. The molecule has 0 saturated carbocycles. The Balaban J connectivity index is 1.26. The number of carbonyl (C=O) groups is 3. The van der Waals surface area contributed by atoms with Crippen LogP contribution in [0.2, 0.25) is 0 Å². The minimum atomic E-state index is -1.55. The van der Waals surface area contributed by atoms with Crippen molar-refractivity contribution < 1.29 is 147 Å². The fourth-order valence-electron chi connectivity index (χ4n) is 7.88. The Labute approximate surface area is 481 Å². The number of amides is 3. The average molecular weight is 1220 g/mol. The molecule has 0 aromatic heterocycles. The van der Waals surface area contributed by atoms with E-state index in [1.165, 1.54) is 0 Å². The number of ether oxygens (including phenoxy) is 15. The fourth-order valence-corrected chi connectivity index (χ4v) is 7.88. The summed E-state index contributed by atoms with van der Waals surface area (Å²) < 4.78 is 82.2. The summed E-state index contributed by atoms with van der Waals surface area (Å²) in [6.07, 6.45) is -20.5. The first-order chi connectivity index (χ1) is 40.0. The van der Waals surface area contributed by atoms with Crippen molar-refractivity contribution in [2.45, 2.75) is 118 Å². The van der Waals surface area contributed by atoms with Crippen LogP contribution in [-0.2, 0) is 85.4 Å². The van der Waals surface area contributed by atoms with Crippen LogP contribution in [0.3, 0.4) is 0 Å². The summed E-state index contributed by atoms with van der Waals surface area (Å²) in [6.45, 7) is 3.37. The number of hydrogen-bond acceptors (Lipinski definition) is 30. The SMILES string of the molecule is CC(COCCC(=O)NCCOCCOCCOC1OC(CO)[C@@H](O)C(O)[C@H]1O)(COCCC(=O)NCCOCCOCCOC1OC(CO)[C@@H](O)C(O)[C@H]1O)COCCC(=O)NCCOCCOCCO[C@H]1OC(CO)[C@@H](O)C(O)C1O. The van der Waals surface area contributed by atoms with E-state index >= 15 is 0 Å². The van der Waals surface area contributed by atoms with E-state index in [9.17, 15) is 75.7 Å². The van der Waals surface area contributed by atoms with Crippen molar-refractivity contribution in [3.05, 3.63) is 0 Å². The molecule has 33 heteroatoms. The van der Waals surface area contributed by atoms with Gasteiger partial charge in [-0.3, -0.25) is 14.4 Å². The summed E-state index contributed by atoms with van der Waals surface area (Å²) >= 11 is 0. The highest BCUT2D eigenvalue weighted by molar-refractivity contribution is 5.76. The lowest BCUT2D eigenvalue weighted by Gasteiger charge is -2.39. The Morgan fingerprint density at radius 2 is 0.578 bits per heavy atom. The van der Waals surface area contributed by atoms with Gasteiger partial charge < -0.3 is 148 Å². The van der Waals surface area contributed by atoms with Crippen LogP contribution in [0.25, 0.3) is 0 Å². The number of aliphatic hydroxyl groups excluding tert-OH is 12. The van der Waals surface area contributed by atoms with Crippen LogP contribution in [0.15, 0.2) is 0 Å². The molecule has 0 spiro atoms. The van der Waals surface area contributed by atoms with Crippen LogP contribution in [0, 0.1) is 5.41 Å². The van der Waals surface area contributed by atoms with Gasteiger partial charge in [0.05, 0.1) is 159 Å². The lowest BCUT2D eigenvalue weighted by Crippen LogP contribution is -2.59. The van der Waals surface area contributed by atoms with Crippen molar-refractivity contribution in [1.29, 1.82) is 0 Å². The maximum absolute atomic E-state index is 12.5. The lowest BCUT2D eigenvalue weighted by molar-refractivity contribution is -0.302. The molecule has 3 amide bonds. The number of carbonyl (C=O) groups excluding carboxylic acids is 3. The molecule has 83 heavy (non-hydrogen) atoms. The molecule has 3 aliphatic heterocycles. The number of hydrogen-bond donors (Lipinski definition) is 15. The van der Waals surface area contributed by atoms with E-state index in [-0.39, 0.29) is 195 Å². The molecule has 0 aromatic carbocycles. The van der Waals surface area contributed by atoms with Gasteiger partial charge in [0.15, 0.2) is 18.9 Å². The van der Waals surface area contributed by atoms with E-state index in [4.69, 9.17) is 71.1 Å². The van der Waals surface area contributed by atoms with Gasteiger partial charge in [-0.1, -0.05) is 6.92 Å². The Kier molecular flexibility index (Phi) is 39.4. The first kappa shape index (κ1) is 74.6. The van der Waals surface area contributed by atoms with Gasteiger partial charge in [0, 0.05) is 44.3 Å². The van der Waals surface area contributed by atoms with Crippen molar-refractivity contribution in [2.24, 2.45) is 5.41 Å². The third-order valence-electron chi connectivity index (χ3n) is 12.7. The Morgan fingerprint density at radius 3 is 0.831 bits per heavy atom. The monoisotopic (exact) mass is 1220 g/mol. The third-order valence-corrected chi connectivity index (χ3v) is 12.7. The van der Waals surface area contributed by atoms with Gasteiger partial charge in [0.2, 0.25) is 17.7 Å². The molecule has 3 aliphatic rings. The molecule has 3 saturated heterocycles. The van der Waals surface area contributed by atoms with E-state index in [1.54, 1.807) is 0 Å². The maximum atomic E-state index is 12.5. The largest absolute Gasteiger partial charge is 0.394 e. The number of aliphatic hydroxyl groups is 12. The summed E-state index contributed by atoms with van der Waals surface area (Å²) in [5.74, 6) is -0.847. The number of rotatable bonds is 48. The van der Waals surface area contributed by atoms with Crippen LogP contribution in [-0.4, -0.2) is 349 Å². The molecular formula is C50H93N3O30. The molecule has 488 valence electrons. The minimum absolute atomic E-state index is 0.0108. The summed E-state index contributed by atoms with van der Waals surface area (Å²) in [6, 6.07) is 0. The molecule has 9 unspecified atom stereocenters. The highest BCUT2D eigenvalue weighted by Crippen LogP contribution is 2.25. The molecule has 0 aliphatic carbocycles. The van der Waals surface area contributed by atoms with Gasteiger partial charge in [-0.2, -0.15) is 0 Å². The second-order valence-electron chi connectivity index (χ2n) is 19.6. The molecular weight excluding hydrogens is 1120 g/mol. The molecule has 15 atom stereocenters. The fraction of sp³-hybridized carbons (Fsp3) is 0.940. The van der Waals surface area contributed by atoms with Gasteiger partial charge in [0.1, 0.15) is 73.2 Å². The molecule has 3 heterocycles. The maximum Gasteiger partial charge on any atom is 0.222 e. The summed E-state index contributed by atoms with van der Waals surface area (Å²) in [5, 5.41) is 125. The van der Waals surface area contributed by atoms with Crippen molar-refractivity contribution >= 4 is 17.7 Å². The van der Waals surface area contributed by atoms with E-state index in [0.29, 0.717) is 0 Å². The topological polar surface area (TPSA) is 469 Å². The van der Waals surface area contributed by atoms with Crippen LogP contribution >= 0.6 is 0 Å². The number of nitrogens with one attached hydrogen (secondary N) is 3. The predicted octanol–water partition coefficient (Wildman–Crippen LogP) is -8.89. The molecule has 0 bridgehead atoms. The van der Waals surface area contributed by atoms with Crippen LogP contribution in [0.4, 0.5) is 0 Å². The Hall–Kier alpha value is -2.67. The normalized spacial score (nSPS) is 29.1. The van der Waals surface area contributed by atoms with Crippen molar-refractivity contribution in [3.8, 4) is 0 Å². The predicted molar refractivity (Wildman–Crippen MR) is 278 cm³/mol. The van der Waals surface area contributed by atoms with Gasteiger partial charge in [-0.15, -0.1) is 0 Å². The van der Waals surface area contributed by atoms with Gasteiger partial charge in [-0.25, -0.2) is 0 Å². The van der Waals surface area contributed by atoms with Gasteiger partial charge in [0.25, 0.3) is 0 Å². The van der Waals surface area contributed by atoms with Crippen LogP contribution in [0.1, 0.15) is 26.2 Å². The average Bonchev–Trinajstić information content (AvgIpc) is 3.66. The van der Waals surface area contributed by atoms with Crippen molar-refractivity contribution in [3.63, 3.8) is 0 Å². The summed E-state index contributed by atoms with van der Waals surface area (Å²) in [4.78, 5) is 37.5. The zero-order chi connectivity index (χ0) is 60.8. The second kappa shape index (κ2) is 43.9. The Bertz CT molecular complexity index is 1500. The third kappa shape index (κ3) is 29.7. The molecule has 0 radical (unpaired) electrons. The zero-order valence-corrected chi connectivity index (χ0v) is 47.1. The smallest absolute Gasteiger partial charge is 0.222 e. The molecule has 0 aromatic rings. The van der Waals surface area contributed by atoms with Crippen LogP contribution in [0.5, 0.6) is 0 Å². The van der Waals surface area contributed by atoms with Gasteiger partial charge in [-0.05, 0) is 0 Å². The second-order valence-corrected chi connectivity index (χ2v) is 19.6. The van der Waals surface area contributed by atoms with E-state index in [1.807, 2.05) is 6.92 Å². The van der Waals surface area contributed by atoms with Crippen molar-refractivity contribution in [1.82, 2.24) is 16.0 Å². The quantitative estimate of drug-likeness (QED) is 0.0252. The summed E-state index contributed by atoms with van der Waals surface area (Å²) in [5.41, 5.74) is -0.755. The van der Waals surface area contributed by atoms with Gasteiger partial charge >= 0.3 is 0 Å². The standard InChI is InChI=1S/C50H93N3O30/c1-50(29-75-8-2-35(57)51-5-11-69-14-17-72-20-23-78-47-44(66)41(63)38(60)32(26-54)81-47,30-76-9-3-36(58)52-6-12-70-15-18-73-21-24-79-48-45(67)42(64)39(61)33(27-55)82-48)31-77-10-4-37(59)53-7-13-71-16-19-74-22-25-80-49-46(68)43(65)40(62)34(28-56)83-49/h32-34,38-49,54-56,60-68H,2-31H2,1H3,(H,51,57)(H,52,58)(H,53,59)/t32?,33?,34?,38-,39-,40-,41?,42?,43?,44-,45-,46?,47?,48?,49+,50?/m1/s1. The van der Waals surface area contributed by atoms with E-state index < -0.39 is 117 Å². The van der Waals surface area contributed by atoms with E-state index in [0.717, 1.165) is 0 Å². The molecule has 33 nitrogen and oxygen atoms in total. The summed E-state index contributed by atoms with van der Waals surface area (Å²) in [7, 11) is 0. The first-order valence-electron chi connectivity index (χ1n) is 27.7. The molecule has 3 rings (SSSR count). The highest BCUT2D eigenvalue weighted by atomic mass is 16.7. The molecule has 15 N–H and O–H groups in total. The van der Waals surface area contributed by atoms with Crippen molar-refractivity contribution in [2.75, 3.05) is 178 Å². The zero-order valence-electron chi connectivity index (χ0n) is 47.1. The van der Waals surface area contributed by atoms with E-state index in [2.05, 4.69) is 16.0 Å².